The van der Waals surface area contributed by atoms with Crippen molar-refractivity contribution in [1.29, 1.82) is 0 Å². The van der Waals surface area contributed by atoms with Gasteiger partial charge in [-0.1, -0.05) is 29.8 Å². The third kappa shape index (κ3) is 3.30. The lowest BCUT2D eigenvalue weighted by atomic mass is 10.0. The van der Waals surface area contributed by atoms with Crippen molar-refractivity contribution in [2.24, 2.45) is 0 Å². The number of carbonyl (C=O) groups is 1. The van der Waals surface area contributed by atoms with Crippen molar-refractivity contribution < 1.29 is 4.79 Å². The van der Waals surface area contributed by atoms with Crippen molar-refractivity contribution in [2.75, 3.05) is 19.6 Å². The first-order valence-corrected chi connectivity index (χ1v) is 8.29. The Balaban J connectivity index is 0.00000176. The van der Waals surface area contributed by atoms with Crippen LogP contribution in [0.25, 0.3) is 0 Å². The molecular weight excluding hydrogens is 339 g/mol. The molecule has 22 heavy (non-hydrogen) atoms. The highest BCUT2D eigenvalue weighted by Gasteiger charge is 2.30. The average molecular weight is 357 g/mol. The van der Waals surface area contributed by atoms with Gasteiger partial charge in [-0.05, 0) is 29.5 Å². The summed E-state index contributed by atoms with van der Waals surface area (Å²) in [6, 6.07) is 7.75. The molecule has 1 fully saturated rings. The fourth-order valence-corrected chi connectivity index (χ4v) is 3.79. The summed E-state index contributed by atoms with van der Waals surface area (Å²) in [6.07, 6.45) is 0. The molecule has 3 nitrogen and oxygen atoms in total. The standard InChI is InChI=1S/C16H17ClN2OS.ClH/c1-11-9-21-10-13(11)16(20)19-7-6-18-8-15(19)12-4-2-3-5-14(12)17;/h2-5,9-10,15,18H,6-8H2,1H3;1H. The molecule has 1 amide bonds. The van der Waals surface area contributed by atoms with Crippen LogP contribution in [0, 0.1) is 6.92 Å². The fourth-order valence-electron chi connectivity index (χ4n) is 2.70. The number of hydrogen-bond donors (Lipinski definition) is 1. The number of piperazine rings is 1. The molecule has 2 heterocycles. The number of aryl methyl sites for hydroxylation is 1. The quantitative estimate of drug-likeness (QED) is 0.884. The summed E-state index contributed by atoms with van der Waals surface area (Å²) >= 11 is 7.89. The maximum atomic E-state index is 12.8. The van der Waals surface area contributed by atoms with E-state index in [1.165, 1.54) is 0 Å². The summed E-state index contributed by atoms with van der Waals surface area (Å²) in [4.78, 5) is 14.8. The Kier molecular flexibility index (Phi) is 5.87. The van der Waals surface area contributed by atoms with Gasteiger partial charge in [0, 0.05) is 30.0 Å². The summed E-state index contributed by atoms with van der Waals surface area (Å²) in [5.74, 6) is 0.0974. The van der Waals surface area contributed by atoms with Crippen molar-refractivity contribution in [2.45, 2.75) is 13.0 Å². The second kappa shape index (κ2) is 7.47. The van der Waals surface area contributed by atoms with Crippen LogP contribution in [-0.2, 0) is 0 Å². The summed E-state index contributed by atoms with van der Waals surface area (Å²) in [6.45, 7) is 4.23. The van der Waals surface area contributed by atoms with Gasteiger partial charge in [0.15, 0.2) is 0 Å². The van der Waals surface area contributed by atoms with Crippen LogP contribution >= 0.6 is 35.3 Å². The van der Waals surface area contributed by atoms with Gasteiger partial charge in [-0.2, -0.15) is 11.3 Å². The topological polar surface area (TPSA) is 32.3 Å². The van der Waals surface area contributed by atoms with Gasteiger partial charge in [0.2, 0.25) is 0 Å². The van der Waals surface area contributed by atoms with E-state index in [0.29, 0.717) is 11.6 Å². The number of rotatable bonds is 2. The van der Waals surface area contributed by atoms with Gasteiger partial charge in [-0.25, -0.2) is 0 Å². The Hall–Kier alpha value is -1.07. The molecule has 1 N–H and O–H groups in total. The van der Waals surface area contributed by atoms with E-state index in [9.17, 15) is 4.79 Å². The van der Waals surface area contributed by atoms with Gasteiger partial charge in [0.05, 0.1) is 11.6 Å². The molecule has 6 heteroatoms. The smallest absolute Gasteiger partial charge is 0.255 e. The van der Waals surface area contributed by atoms with Gasteiger partial charge in [-0.3, -0.25) is 4.79 Å². The summed E-state index contributed by atoms with van der Waals surface area (Å²) in [5.41, 5.74) is 2.85. The molecule has 1 aromatic carbocycles. The molecule has 3 rings (SSSR count). The molecule has 1 aliphatic rings. The molecular formula is C16H18Cl2N2OS. The van der Waals surface area contributed by atoms with E-state index in [0.717, 1.165) is 29.8 Å². The van der Waals surface area contributed by atoms with E-state index < -0.39 is 0 Å². The molecule has 0 radical (unpaired) electrons. The number of hydrogen-bond acceptors (Lipinski definition) is 3. The predicted molar refractivity (Wildman–Crippen MR) is 94.4 cm³/mol. The van der Waals surface area contributed by atoms with Crippen LogP contribution in [0.5, 0.6) is 0 Å². The second-order valence-electron chi connectivity index (χ2n) is 5.21. The normalized spacial score (nSPS) is 17.9. The maximum absolute atomic E-state index is 12.8. The minimum absolute atomic E-state index is 0. The van der Waals surface area contributed by atoms with Gasteiger partial charge < -0.3 is 10.2 Å². The molecule has 0 aliphatic carbocycles. The number of nitrogens with one attached hydrogen (secondary N) is 1. The first-order chi connectivity index (χ1) is 10.2. The molecule has 0 bridgehead atoms. The maximum Gasteiger partial charge on any atom is 0.255 e. The first kappa shape index (κ1) is 17.3. The zero-order valence-corrected chi connectivity index (χ0v) is 14.6. The van der Waals surface area contributed by atoms with Crippen LogP contribution in [0.4, 0.5) is 0 Å². The molecule has 118 valence electrons. The van der Waals surface area contributed by atoms with Gasteiger partial charge in [0.25, 0.3) is 5.91 Å². The first-order valence-electron chi connectivity index (χ1n) is 6.97. The van der Waals surface area contributed by atoms with Crippen molar-refractivity contribution in [3.63, 3.8) is 0 Å². The van der Waals surface area contributed by atoms with E-state index >= 15 is 0 Å². The van der Waals surface area contributed by atoms with E-state index in [-0.39, 0.29) is 24.4 Å². The summed E-state index contributed by atoms with van der Waals surface area (Å²) in [5, 5.41) is 8.02. The minimum Gasteiger partial charge on any atom is -0.329 e. The Labute approximate surface area is 145 Å². The highest BCUT2D eigenvalue weighted by molar-refractivity contribution is 7.08. The summed E-state index contributed by atoms with van der Waals surface area (Å²) < 4.78 is 0. The molecule has 2 aromatic rings. The lowest BCUT2D eigenvalue weighted by Gasteiger charge is -2.37. The Morgan fingerprint density at radius 1 is 1.36 bits per heavy atom. The molecule has 0 spiro atoms. The summed E-state index contributed by atoms with van der Waals surface area (Å²) in [7, 11) is 0. The van der Waals surface area contributed by atoms with Gasteiger partial charge in [-0.15, -0.1) is 12.4 Å². The Bertz CT molecular complexity index is 659. The molecule has 1 atom stereocenters. The highest BCUT2D eigenvalue weighted by Crippen LogP contribution is 2.30. The van der Waals surface area contributed by atoms with Gasteiger partial charge >= 0.3 is 0 Å². The van der Waals surface area contributed by atoms with Crippen molar-refractivity contribution in [3.8, 4) is 0 Å². The molecule has 1 unspecified atom stereocenters. The number of benzene rings is 1. The van der Waals surface area contributed by atoms with Crippen molar-refractivity contribution >= 4 is 41.3 Å². The van der Waals surface area contributed by atoms with E-state index in [2.05, 4.69) is 5.32 Å². The third-order valence-corrected chi connectivity index (χ3v) is 5.06. The monoisotopic (exact) mass is 356 g/mol. The number of thiophene rings is 1. The molecule has 1 aliphatic heterocycles. The molecule has 1 aromatic heterocycles. The van der Waals surface area contributed by atoms with Crippen LogP contribution < -0.4 is 5.32 Å². The second-order valence-corrected chi connectivity index (χ2v) is 6.36. The van der Waals surface area contributed by atoms with Crippen LogP contribution in [0.3, 0.4) is 0 Å². The number of amides is 1. The van der Waals surface area contributed by atoms with Crippen LogP contribution in [0.1, 0.15) is 27.5 Å². The van der Waals surface area contributed by atoms with Gasteiger partial charge in [0.1, 0.15) is 0 Å². The molecule has 1 saturated heterocycles. The van der Waals surface area contributed by atoms with E-state index in [4.69, 9.17) is 11.6 Å². The van der Waals surface area contributed by atoms with Crippen LogP contribution in [0.15, 0.2) is 35.0 Å². The molecule has 0 saturated carbocycles. The average Bonchev–Trinajstić information content (AvgIpc) is 2.93. The third-order valence-electron chi connectivity index (χ3n) is 3.85. The van der Waals surface area contributed by atoms with Crippen LogP contribution in [0.2, 0.25) is 5.02 Å². The predicted octanol–water partition coefficient (Wildman–Crippen LogP) is 3.92. The van der Waals surface area contributed by atoms with Crippen molar-refractivity contribution in [3.05, 3.63) is 56.7 Å². The van der Waals surface area contributed by atoms with Crippen LogP contribution in [-0.4, -0.2) is 30.4 Å². The Morgan fingerprint density at radius 3 is 2.82 bits per heavy atom. The lowest BCUT2D eigenvalue weighted by molar-refractivity contribution is 0.0634. The van der Waals surface area contributed by atoms with E-state index in [1.54, 1.807) is 11.3 Å². The zero-order valence-electron chi connectivity index (χ0n) is 12.2. The zero-order chi connectivity index (χ0) is 14.8. The lowest BCUT2D eigenvalue weighted by Crippen LogP contribution is -2.48. The number of nitrogens with zero attached hydrogens (tertiary/aromatic N) is 1. The minimum atomic E-state index is -0.0146. The fraction of sp³-hybridized carbons (Fsp3) is 0.312. The van der Waals surface area contributed by atoms with E-state index in [1.807, 2.05) is 46.8 Å². The SMILES string of the molecule is Cc1cscc1C(=O)N1CCNCC1c1ccccc1Cl.Cl. The largest absolute Gasteiger partial charge is 0.329 e. The Morgan fingerprint density at radius 2 is 2.14 bits per heavy atom. The number of halogens is 2. The van der Waals surface area contributed by atoms with Crippen molar-refractivity contribution in [1.82, 2.24) is 10.2 Å². The number of carbonyl (C=O) groups excluding carboxylic acids is 1. The highest BCUT2D eigenvalue weighted by atomic mass is 35.5.